The first kappa shape index (κ1) is 8.91. The number of carboxylic acid groups (broad SMARTS) is 1. The Balaban J connectivity index is 3.58. The van der Waals surface area contributed by atoms with Crippen LogP contribution in [0.4, 0.5) is 0 Å². The molecule has 0 saturated heterocycles. The fraction of sp³-hybridized carbons (Fsp3) is 0.286. The average Bonchev–Trinajstić information content (AvgIpc) is 1.88. The van der Waals surface area contributed by atoms with Crippen LogP contribution >= 0.6 is 0 Å². The van der Waals surface area contributed by atoms with E-state index in [1.165, 1.54) is 0 Å². The molecule has 0 aromatic carbocycles. The van der Waals surface area contributed by atoms with Crippen molar-refractivity contribution in [2.45, 2.75) is 12.5 Å². The molecule has 0 radical (unpaired) electrons. The van der Waals surface area contributed by atoms with Crippen LogP contribution in [0.1, 0.15) is 6.42 Å². The van der Waals surface area contributed by atoms with E-state index in [-0.39, 0.29) is 0 Å². The minimum absolute atomic E-state index is 0.349. The van der Waals surface area contributed by atoms with Crippen molar-refractivity contribution in [2.75, 3.05) is 0 Å². The van der Waals surface area contributed by atoms with Crippen molar-refractivity contribution >= 4 is 5.97 Å². The van der Waals surface area contributed by atoms with Gasteiger partial charge in [-0.15, -0.1) is 0 Å². The Hall–Kier alpha value is -1.09. The Morgan fingerprint density at radius 3 is 2.80 bits per heavy atom. The summed E-state index contributed by atoms with van der Waals surface area (Å²) in [4.78, 5) is 10.1. The third-order valence-corrected chi connectivity index (χ3v) is 0.979. The molecule has 0 heterocycles. The van der Waals surface area contributed by atoms with Crippen LogP contribution in [0.15, 0.2) is 24.8 Å². The monoisotopic (exact) mass is 141 g/mol. The summed E-state index contributed by atoms with van der Waals surface area (Å²) in [5, 5.41) is 8.30. The molecule has 0 fully saturated rings. The Morgan fingerprint density at radius 2 is 2.40 bits per heavy atom. The van der Waals surface area contributed by atoms with Crippen molar-refractivity contribution in [2.24, 2.45) is 5.73 Å². The van der Waals surface area contributed by atoms with Gasteiger partial charge in [0.05, 0.1) is 0 Å². The van der Waals surface area contributed by atoms with E-state index in [0.29, 0.717) is 6.42 Å². The lowest BCUT2D eigenvalue weighted by Gasteiger charge is -1.99. The summed E-state index contributed by atoms with van der Waals surface area (Å²) in [6.07, 6.45) is 5.27. The van der Waals surface area contributed by atoms with Crippen LogP contribution in [0.25, 0.3) is 0 Å². The number of hydrogen-bond acceptors (Lipinski definition) is 2. The van der Waals surface area contributed by atoms with Crippen LogP contribution < -0.4 is 5.73 Å². The molecule has 3 heteroatoms. The molecule has 10 heavy (non-hydrogen) atoms. The van der Waals surface area contributed by atoms with Gasteiger partial charge >= 0.3 is 5.97 Å². The number of nitrogens with two attached hydrogens (primary N) is 1. The topological polar surface area (TPSA) is 63.3 Å². The summed E-state index contributed by atoms with van der Waals surface area (Å²) in [5.74, 6) is -0.978. The van der Waals surface area contributed by atoms with Crippen molar-refractivity contribution in [3.8, 4) is 0 Å². The predicted octanol–water partition coefficient (Wildman–Crippen LogP) is 0.531. The van der Waals surface area contributed by atoms with Gasteiger partial charge in [0.25, 0.3) is 0 Å². The van der Waals surface area contributed by atoms with Gasteiger partial charge in [0, 0.05) is 0 Å². The number of carbonyl (C=O) groups is 1. The molecule has 3 nitrogen and oxygen atoms in total. The van der Waals surface area contributed by atoms with Crippen LogP contribution in [-0.2, 0) is 4.79 Å². The second-order valence-electron chi connectivity index (χ2n) is 1.84. The molecule has 0 aliphatic carbocycles. The second kappa shape index (κ2) is 4.76. The van der Waals surface area contributed by atoms with Crippen LogP contribution in [0.3, 0.4) is 0 Å². The van der Waals surface area contributed by atoms with Crippen molar-refractivity contribution in [1.29, 1.82) is 0 Å². The first-order valence-corrected chi connectivity index (χ1v) is 2.94. The van der Waals surface area contributed by atoms with Crippen LogP contribution in [0, 0.1) is 0 Å². The zero-order chi connectivity index (χ0) is 7.98. The van der Waals surface area contributed by atoms with Gasteiger partial charge in [-0.3, -0.25) is 4.79 Å². The quantitative estimate of drug-likeness (QED) is 0.561. The van der Waals surface area contributed by atoms with E-state index >= 15 is 0 Å². The lowest BCUT2D eigenvalue weighted by Crippen LogP contribution is -2.29. The Morgan fingerprint density at radius 1 is 1.80 bits per heavy atom. The number of hydrogen-bond donors (Lipinski definition) is 2. The standard InChI is InChI=1S/C7H11NO2/c1-2-3-4-5-6(8)7(9)10/h2-4,6H,1,5,8H2,(H,9,10)/b4-3+/t6-/m0/s1. The van der Waals surface area contributed by atoms with E-state index < -0.39 is 12.0 Å². The van der Waals surface area contributed by atoms with Gasteiger partial charge in [-0.05, 0) is 6.42 Å². The van der Waals surface area contributed by atoms with E-state index in [1.54, 1.807) is 18.2 Å². The SMILES string of the molecule is C=C/C=C/C[C@H](N)C(=O)O. The molecule has 3 N–H and O–H groups in total. The molecule has 0 spiro atoms. The number of carboxylic acids is 1. The highest BCUT2D eigenvalue weighted by molar-refractivity contribution is 5.73. The normalized spacial score (nSPS) is 13.3. The lowest BCUT2D eigenvalue weighted by atomic mass is 10.2. The number of rotatable bonds is 4. The fourth-order valence-electron chi connectivity index (χ4n) is 0.422. The molecule has 0 aliphatic rings. The van der Waals surface area contributed by atoms with Gasteiger partial charge in [-0.1, -0.05) is 24.8 Å². The first-order chi connectivity index (χ1) is 4.68. The van der Waals surface area contributed by atoms with E-state index in [4.69, 9.17) is 10.8 Å². The van der Waals surface area contributed by atoms with Gasteiger partial charge in [0.15, 0.2) is 0 Å². The first-order valence-electron chi connectivity index (χ1n) is 2.94. The van der Waals surface area contributed by atoms with Gasteiger partial charge in [-0.2, -0.15) is 0 Å². The molecular weight excluding hydrogens is 130 g/mol. The Kier molecular flexibility index (Phi) is 4.24. The van der Waals surface area contributed by atoms with Crippen molar-refractivity contribution in [3.05, 3.63) is 24.8 Å². The van der Waals surface area contributed by atoms with Crippen molar-refractivity contribution < 1.29 is 9.90 Å². The van der Waals surface area contributed by atoms with Crippen LogP contribution in [-0.4, -0.2) is 17.1 Å². The molecule has 0 aliphatic heterocycles. The molecule has 0 saturated carbocycles. The second-order valence-corrected chi connectivity index (χ2v) is 1.84. The Bertz CT molecular complexity index is 152. The molecule has 1 atom stereocenters. The predicted molar refractivity (Wildman–Crippen MR) is 39.6 cm³/mol. The summed E-state index contributed by atoms with van der Waals surface area (Å²) in [6.45, 7) is 3.43. The molecule has 0 aromatic heterocycles. The van der Waals surface area contributed by atoms with Crippen LogP contribution in [0.2, 0.25) is 0 Å². The van der Waals surface area contributed by atoms with E-state index in [2.05, 4.69) is 6.58 Å². The number of allylic oxidation sites excluding steroid dienone is 2. The highest BCUT2D eigenvalue weighted by Crippen LogP contribution is 1.89. The molecule has 56 valence electrons. The smallest absolute Gasteiger partial charge is 0.320 e. The maximum absolute atomic E-state index is 10.1. The number of aliphatic carboxylic acids is 1. The lowest BCUT2D eigenvalue weighted by molar-refractivity contribution is -0.138. The largest absolute Gasteiger partial charge is 0.480 e. The zero-order valence-electron chi connectivity index (χ0n) is 5.66. The minimum atomic E-state index is -0.978. The fourth-order valence-corrected chi connectivity index (χ4v) is 0.422. The molecule has 0 rings (SSSR count). The molecule has 0 bridgehead atoms. The summed E-state index contributed by atoms with van der Waals surface area (Å²) < 4.78 is 0. The third-order valence-electron chi connectivity index (χ3n) is 0.979. The minimum Gasteiger partial charge on any atom is -0.480 e. The van der Waals surface area contributed by atoms with Gasteiger partial charge < -0.3 is 10.8 Å². The highest BCUT2D eigenvalue weighted by Gasteiger charge is 2.07. The molecule has 0 aromatic rings. The summed E-state index contributed by atoms with van der Waals surface area (Å²) in [7, 11) is 0. The van der Waals surface area contributed by atoms with Gasteiger partial charge in [-0.25, -0.2) is 0 Å². The summed E-state index contributed by atoms with van der Waals surface area (Å²) in [5.41, 5.74) is 5.17. The average molecular weight is 141 g/mol. The third kappa shape index (κ3) is 3.86. The molecular formula is C7H11NO2. The van der Waals surface area contributed by atoms with Gasteiger partial charge in [0.2, 0.25) is 0 Å². The Labute approximate surface area is 59.8 Å². The maximum atomic E-state index is 10.1. The zero-order valence-corrected chi connectivity index (χ0v) is 5.66. The molecule has 0 unspecified atom stereocenters. The van der Waals surface area contributed by atoms with Crippen molar-refractivity contribution in [3.63, 3.8) is 0 Å². The summed E-state index contributed by atoms with van der Waals surface area (Å²) in [6, 6.07) is -0.795. The van der Waals surface area contributed by atoms with Gasteiger partial charge in [0.1, 0.15) is 6.04 Å². The van der Waals surface area contributed by atoms with E-state index in [9.17, 15) is 4.79 Å². The van der Waals surface area contributed by atoms with E-state index in [1.807, 2.05) is 0 Å². The van der Waals surface area contributed by atoms with E-state index in [0.717, 1.165) is 0 Å². The van der Waals surface area contributed by atoms with Crippen LogP contribution in [0.5, 0.6) is 0 Å². The highest BCUT2D eigenvalue weighted by atomic mass is 16.4. The van der Waals surface area contributed by atoms with Crippen molar-refractivity contribution in [1.82, 2.24) is 0 Å². The maximum Gasteiger partial charge on any atom is 0.320 e. The molecule has 0 amide bonds. The summed E-state index contributed by atoms with van der Waals surface area (Å²) >= 11 is 0.